The molecule has 0 aromatic heterocycles. The maximum atomic E-state index is 10.9. The molecule has 0 bridgehead atoms. The quantitative estimate of drug-likeness (QED) is 0.533. The largest absolute Gasteiger partial charge is 0.382 e. The van der Waals surface area contributed by atoms with Crippen LogP contribution in [-0.2, 0) is 19.0 Å². The van der Waals surface area contributed by atoms with Gasteiger partial charge in [0, 0.05) is 27.4 Å². The fourth-order valence-electron chi connectivity index (χ4n) is 0.983. The first-order valence-electron chi connectivity index (χ1n) is 5.13. The highest BCUT2D eigenvalue weighted by molar-refractivity contribution is 5.77. The summed E-state index contributed by atoms with van der Waals surface area (Å²) in [4.78, 5) is 10.9. The number of amides is 1. The number of methoxy groups -OCH3 is 2. The van der Waals surface area contributed by atoms with Crippen LogP contribution in [0.15, 0.2) is 0 Å². The molecule has 15 heavy (non-hydrogen) atoms. The van der Waals surface area contributed by atoms with Gasteiger partial charge in [0.05, 0.1) is 13.2 Å². The van der Waals surface area contributed by atoms with E-state index in [1.165, 1.54) is 7.11 Å². The Labute approximate surface area is 91.1 Å². The van der Waals surface area contributed by atoms with Crippen LogP contribution in [0.5, 0.6) is 0 Å². The summed E-state index contributed by atoms with van der Waals surface area (Å²) in [6.07, 6.45) is 1.86. The van der Waals surface area contributed by atoms with Gasteiger partial charge in [-0.25, -0.2) is 0 Å². The molecule has 5 heteroatoms. The molecule has 5 nitrogen and oxygen atoms in total. The highest BCUT2D eigenvalue weighted by Gasteiger charge is 1.97. The number of rotatable bonds is 10. The lowest BCUT2D eigenvalue weighted by atomic mass is 10.3. The Morgan fingerprint density at radius 3 is 2.53 bits per heavy atom. The van der Waals surface area contributed by atoms with E-state index in [2.05, 4.69) is 10.1 Å². The predicted octanol–water partition coefficient (Wildman–Crippen LogP) is 0.192. The Morgan fingerprint density at radius 2 is 1.87 bits per heavy atom. The zero-order valence-corrected chi connectivity index (χ0v) is 9.58. The summed E-state index contributed by atoms with van der Waals surface area (Å²) in [7, 11) is 3.15. The first-order chi connectivity index (χ1) is 7.31. The summed E-state index contributed by atoms with van der Waals surface area (Å²) in [6.45, 7) is 2.78. The van der Waals surface area contributed by atoms with Crippen molar-refractivity contribution in [2.75, 3.05) is 47.2 Å². The maximum Gasteiger partial charge on any atom is 0.245 e. The van der Waals surface area contributed by atoms with Crippen LogP contribution < -0.4 is 5.32 Å². The Hall–Kier alpha value is -0.650. The van der Waals surface area contributed by atoms with Gasteiger partial charge < -0.3 is 19.5 Å². The molecule has 1 amide bonds. The molecule has 0 aliphatic heterocycles. The maximum absolute atomic E-state index is 10.9. The van der Waals surface area contributed by atoms with Crippen molar-refractivity contribution in [1.29, 1.82) is 0 Å². The molecule has 0 atom stereocenters. The Kier molecular flexibility index (Phi) is 10.9. The molecule has 0 saturated carbocycles. The van der Waals surface area contributed by atoms with Crippen molar-refractivity contribution in [1.82, 2.24) is 5.32 Å². The van der Waals surface area contributed by atoms with E-state index in [4.69, 9.17) is 9.47 Å². The van der Waals surface area contributed by atoms with Gasteiger partial charge in [-0.2, -0.15) is 0 Å². The fraction of sp³-hybridized carbons (Fsp3) is 0.900. The summed E-state index contributed by atoms with van der Waals surface area (Å²) in [6, 6.07) is 0. The van der Waals surface area contributed by atoms with Crippen molar-refractivity contribution >= 4 is 5.91 Å². The zero-order chi connectivity index (χ0) is 11.4. The van der Waals surface area contributed by atoms with E-state index in [9.17, 15) is 4.79 Å². The second-order valence-electron chi connectivity index (χ2n) is 3.10. The van der Waals surface area contributed by atoms with Crippen molar-refractivity contribution in [3.8, 4) is 0 Å². The molecule has 0 fully saturated rings. The molecule has 0 spiro atoms. The van der Waals surface area contributed by atoms with Gasteiger partial charge in [0.1, 0.15) is 6.61 Å². The van der Waals surface area contributed by atoms with Crippen LogP contribution >= 0.6 is 0 Å². The van der Waals surface area contributed by atoms with Gasteiger partial charge in [-0.1, -0.05) is 0 Å². The van der Waals surface area contributed by atoms with E-state index < -0.39 is 0 Å². The lowest BCUT2D eigenvalue weighted by molar-refractivity contribution is -0.124. The molecular weight excluding hydrogens is 198 g/mol. The first kappa shape index (κ1) is 14.3. The molecule has 0 aliphatic rings. The molecule has 0 aromatic carbocycles. The van der Waals surface area contributed by atoms with Gasteiger partial charge in [0.2, 0.25) is 5.91 Å². The number of carbonyl (C=O) groups excluding carboxylic acids is 1. The molecule has 1 N–H and O–H groups in total. The van der Waals surface area contributed by atoms with E-state index >= 15 is 0 Å². The Morgan fingerprint density at radius 1 is 1.07 bits per heavy atom. The average Bonchev–Trinajstić information content (AvgIpc) is 2.22. The van der Waals surface area contributed by atoms with Crippen LogP contribution in [0.2, 0.25) is 0 Å². The molecule has 0 aliphatic carbocycles. The van der Waals surface area contributed by atoms with E-state index in [1.54, 1.807) is 7.11 Å². The summed E-state index contributed by atoms with van der Waals surface area (Å²) in [5.74, 6) is -0.0715. The first-order valence-corrected chi connectivity index (χ1v) is 5.13. The van der Waals surface area contributed by atoms with Crippen molar-refractivity contribution < 1.29 is 19.0 Å². The predicted molar refractivity (Wildman–Crippen MR) is 56.8 cm³/mol. The molecule has 0 radical (unpaired) electrons. The summed E-state index contributed by atoms with van der Waals surface area (Å²) >= 11 is 0. The molecule has 0 rings (SSSR count). The highest BCUT2D eigenvalue weighted by Crippen LogP contribution is 1.88. The topological polar surface area (TPSA) is 56.8 Å². The lowest BCUT2D eigenvalue weighted by Crippen LogP contribution is -2.28. The SMILES string of the molecule is COCCOCCCCNC(=O)COC. The van der Waals surface area contributed by atoms with Crippen LogP contribution in [0.25, 0.3) is 0 Å². The molecule has 90 valence electrons. The summed E-state index contributed by atoms with van der Waals surface area (Å²) in [5, 5.41) is 2.74. The third kappa shape index (κ3) is 11.3. The molecule has 0 heterocycles. The van der Waals surface area contributed by atoms with Gasteiger partial charge in [-0.05, 0) is 12.8 Å². The summed E-state index contributed by atoms with van der Waals surface area (Å²) in [5.41, 5.74) is 0. The standard InChI is InChI=1S/C10H21NO4/c1-13-7-8-15-6-4-3-5-11-10(12)9-14-2/h3-9H2,1-2H3,(H,11,12). The van der Waals surface area contributed by atoms with Gasteiger partial charge in [0.25, 0.3) is 0 Å². The third-order valence-corrected chi connectivity index (χ3v) is 1.74. The van der Waals surface area contributed by atoms with Gasteiger partial charge >= 0.3 is 0 Å². The number of hydrogen-bond donors (Lipinski definition) is 1. The average molecular weight is 219 g/mol. The second-order valence-corrected chi connectivity index (χ2v) is 3.10. The fourth-order valence-corrected chi connectivity index (χ4v) is 0.983. The van der Waals surface area contributed by atoms with E-state index in [-0.39, 0.29) is 12.5 Å². The second kappa shape index (κ2) is 11.4. The van der Waals surface area contributed by atoms with Gasteiger partial charge in [-0.15, -0.1) is 0 Å². The molecule has 0 unspecified atom stereocenters. The number of unbranched alkanes of at least 4 members (excludes halogenated alkanes) is 1. The van der Waals surface area contributed by atoms with Crippen molar-refractivity contribution in [3.63, 3.8) is 0 Å². The molecular formula is C10H21NO4. The van der Waals surface area contributed by atoms with Gasteiger partial charge in [0.15, 0.2) is 0 Å². The monoisotopic (exact) mass is 219 g/mol. The lowest BCUT2D eigenvalue weighted by Gasteiger charge is -2.05. The number of ether oxygens (including phenoxy) is 3. The van der Waals surface area contributed by atoms with Gasteiger partial charge in [-0.3, -0.25) is 4.79 Å². The Balaban J connectivity index is 3.01. The molecule has 0 saturated heterocycles. The molecule has 0 aromatic rings. The smallest absolute Gasteiger partial charge is 0.245 e. The van der Waals surface area contributed by atoms with Crippen molar-refractivity contribution in [2.45, 2.75) is 12.8 Å². The Bertz CT molecular complexity index is 152. The van der Waals surface area contributed by atoms with Crippen LogP contribution in [0.1, 0.15) is 12.8 Å². The van der Waals surface area contributed by atoms with Crippen molar-refractivity contribution in [3.05, 3.63) is 0 Å². The van der Waals surface area contributed by atoms with Crippen molar-refractivity contribution in [2.24, 2.45) is 0 Å². The van der Waals surface area contributed by atoms with E-state index in [1.807, 2.05) is 0 Å². The number of hydrogen-bond acceptors (Lipinski definition) is 4. The summed E-state index contributed by atoms with van der Waals surface area (Å²) < 4.78 is 14.8. The normalized spacial score (nSPS) is 10.3. The van der Waals surface area contributed by atoms with Crippen LogP contribution in [0.4, 0.5) is 0 Å². The minimum absolute atomic E-state index is 0.0715. The van der Waals surface area contributed by atoms with Crippen LogP contribution in [0.3, 0.4) is 0 Å². The third-order valence-electron chi connectivity index (χ3n) is 1.74. The number of nitrogens with one attached hydrogen (secondary N) is 1. The highest BCUT2D eigenvalue weighted by atomic mass is 16.5. The van der Waals surface area contributed by atoms with E-state index in [0.29, 0.717) is 26.4 Å². The van der Waals surface area contributed by atoms with Crippen LogP contribution in [0, 0.1) is 0 Å². The minimum Gasteiger partial charge on any atom is -0.382 e. The minimum atomic E-state index is -0.0715. The van der Waals surface area contributed by atoms with Crippen LogP contribution in [-0.4, -0.2) is 53.1 Å². The number of carbonyl (C=O) groups is 1. The zero-order valence-electron chi connectivity index (χ0n) is 9.58. The van der Waals surface area contributed by atoms with E-state index in [0.717, 1.165) is 12.8 Å².